The molecule has 0 spiro atoms. The lowest BCUT2D eigenvalue weighted by atomic mass is 10.2. The molecule has 1 aromatic carbocycles. The molecule has 22 heavy (non-hydrogen) atoms. The minimum Gasteiger partial charge on any atom is -0.364 e. The van der Waals surface area contributed by atoms with Crippen LogP contribution in [0.4, 0.5) is 5.69 Å². The quantitative estimate of drug-likeness (QED) is 0.776. The molecule has 0 atom stereocenters. The number of thiophene rings is 1. The molecule has 0 radical (unpaired) electrons. The molecular weight excluding hydrogens is 320 g/mol. The van der Waals surface area contributed by atoms with Crippen LogP contribution in [0, 0.1) is 6.92 Å². The Bertz CT molecular complexity index is 896. The number of nitrogens with one attached hydrogen (secondary N) is 1. The highest BCUT2D eigenvalue weighted by Crippen LogP contribution is 2.29. The molecule has 2 aromatic heterocycles. The van der Waals surface area contributed by atoms with E-state index in [1.54, 1.807) is 30.7 Å². The van der Waals surface area contributed by atoms with Crippen molar-refractivity contribution in [2.75, 3.05) is 11.8 Å². The number of anilines is 1. The zero-order chi connectivity index (χ0) is 15.7. The number of hydrogen-bond acceptors (Lipinski definition) is 4. The molecule has 0 saturated carbocycles. The standard InChI is InChI=1S/C15H16N2O3S2/c1-11-9-12-5-3-6-13(15(12)17(11)10-20-2)16-22(18,19)14-7-4-8-21-14/h3-9,16H,10H2,1-2H3. The second-order valence-electron chi connectivity index (χ2n) is 4.91. The van der Waals surface area contributed by atoms with Gasteiger partial charge in [0.1, 0.15) is 10.9 Å². The first-order chi connectivity index (χ1) is 10.5. The molecule has 5 nitrogen and oxygen atoms in total. The van der Waals surface area contributed by atoms with Crippen LogP contribution in [0.2, 0.25) is 0 Å². The Hall–Kier alpha value is -1.83. The average molecular weight is 336 g/mol. The number of fused-ring (bicyclic) bond motifs is 1. The van der Waals surface area contributed by atoms with Crippen molar-refractivity contribution in [1.82, 2.24) is 4.57 Å². The van der Waals surface area contributed by atoms with E-state index in [0.717, 1.165) is 16.6 Å². The highest BCUT2D eigenvalue weighted by Gasteiger charge is 2.18. The molecule has 1 N–H and O–H groups in total. The van der Waals surface area contributed by atoms with Crippen molar-refractivity contribution >= 4 is 38.0 Å². The minimum atomic E-state index is -3.57. The monoisotopic (exact) mass is 336 g/mol. The topological polar surface area (TPSA) is 60.3 Å². The Morgan fingerprint density at radius 2 is 2.09 bits per heavy atom. The summed E-state index contributed by atoms with van der Waals surface area (Å²) in [6, 6.07) is 10.9. The Morgan fingerprint density at radius 3 is 2.77 bits per heavy atom. The van der Waals surface area contributed by atoms with Crippen molar-refractivity contribution in [2.45, 2.75) is 17.9 Å². The number of aryl methyl sites for hydroxylation is 1. The van der Waals surface area contributed by atoms with E-state index in [0.29, 0.717) is 16.6 Å². The van der Waals surface area contributed by atoms with Crippen LogP contribution in [0.25, 0.3) is 10.9 Å². The maximum absolute atomic E-state index is 12.4. The van der Waals surface area contributed by atoms with Gasteiger partial charge in [0.15, 0.2) is 0 Å². The summed E-state index contributed by atoms with van der Waals surface area (Å²) in [5.41, 5.74) is 2.39. The van der Waals surface area contributed by atoms with Crippen LogP contribution >= 0.6 is 11.3 Å². The van der Waals surface area contributed by atoms with Crippen LogP contribution in [0.15, 0.2) is 46.0 Å². The van der Waals surface area contributed by atoms with Crippen LogP contribution in [0.3, 0.4) is 0 Å². The summed E-state index contributed by atoms with van der Waals surface area (Å²) in [5, 5.41) is 2.72. The van der Waals surface area contributed by atoms with Gasteiger partial charge < -0.3 is 9.30 Å². The molecule has 0 aliphatic heterocycles. The molecule has 0 unspecified atom stereocenters. The molecule has 0 bridgehead atoms. The molecular formula is C15H16N2O3S2. The van der Waals surface area contributed by atoms with Crippen molar-refractivity contribution in [3.8, 4) is 0 Å². The minimum absolute atomic E-state index is 0.297. The van der Waals surface area contributed by atoms with Crippen molar-refractivity contribution in [3.63, 3.8) is 0 Å². The fourth-order valence-electron chi connectivity index (χ4n) is 2.45. The second-order valence-corrected chi connectivity index (χ2v) is 7.77. The van der Waals surface area contributed by atoms with Crippen molar-refractivity contribution in [2.24, 2.45) is 0 Å². The van der Waals surface area contributed by atoms with Gasteiger partial charge >= 0.3 is 0 Å². The van der Waals surface area contributed by atoms with Gasteiger partial charge in [-0.15, -0.1) is 11.3 Å². The molecule has 0 amide bonds. The van der Waals surface area contributed by atoms with Gasteiger partial charge in [-0.2, -0.15) is 0 Å². The van der Waals surface area contributed by atoms with E-state index in [2.05, 4.69) is 4.72 Å². The number of ether oxygens (including phenoxy) is 1. The summed E-state index contributed by atoms with van der Waals surface area (Å²) in [4.78, 5) is 0. The summed E-state index contributed by atoms with van der Waals surface area (Å²) in [6.07, 6.45) is 0. The zero-order valence-corrected chi connectivity index (χ0v) is 13.9. The van der Waals surface area contributed by atoms with Crippen molar-refractivity contribution in [1.29, 1.82) is 0 Å². The predicted octanol–water partition coefficient (Wildman–Crippen LogP) is 3.42. The molecule has 0 aliphatic rings. The Kier molecular flexibility index (Phi) is 3.94. The fraction of sp³-hybridized carbons (Fsp3) is 0.200. The lowest BCUT2D eigenvalue weighted by Gasteiger charge is -2.12. The van der Waals surface area contributed by atoms with E-state index in [-0.39, 0.29) is 0 Å². The third-order valence-electron chi connectivity index (χ3n) is 3.39. The maximum Gasteiger partial charge on any atom is 0.271 e. The van der Waals surface area contributed by atoms with Crippen molar-refractivity contribution < 1.29 is 13.2 Å². The van der Waals surface area contributed by atoms with Gasteiger partial charge in [-0.1, -0.05) is 18.2 Å². The fourth-order valence-corrected chi connectivity index (χ4v) is 4.51. The van der Waals surface area contributed by atoms with Gasteiger partial charge in [-0.3, -0.25) is 4.72 Å². The SMILES string of the molecule is COCn1c(C)cc2cccc(NS(=O)(=O)c3cccs3)c21. The van der Waals surface area contributed by atoms with E-state index < -0.39 is 10.0 Å². The lowest BCUT2D eigenvalue weighted by molar-refractivity contribution is 0.133. The predicted molar refractivity (Wildman–Crippen MR) is 88.8 cm³/mol. The zero-order valence-electron chi connectivity index (χ0n) is 12.2. The summed E-state index contributed by atoms with van der Waals surface area (Å²) < 4.78 is 35.0. The number of nitrogens with zero attached hydrogens (tertiary/aromatic N) is 1. The molecule has 7 heteroatoms. The Morgan fingerprint density at radius 1 is 1.27 bits per heavy atom. The second kappa shape index (κ2) is 5.75. The van der Waals surface area contributed by atoms with Crippen LogP contribution in [0.1, 0.15) is 5.69 Å². The largest absolute Gasteiger partial charge is 0.364 e. The molecule has 116 valence electrons. The number of sulfonamides is 1. The first-order valence-electron chi connectivity index (χ1n) is 6.67. The summed E-state index contributed by atoms with van der Waals surface area (Å²) in [5.74, 6) is 0. The maximum atomic E-state index is 12.4. The van der Waals surface area contributed by atoms with Crippen LogP contribution in [-0.2, 0) is 21.5 Å². The molecule has 0 aliphatic carbocycles. The first kappa shape index (κ1) is 15.1. The third kappa shape index (κ3) is 2.63. The lowest BCUT2D eigenvalue weighted by Crippen LogP contribution is -2.13. The summed E-state index contributed by atoms with van der Waals surface area (Å²) >= 11 is 1.19. The normalized spacial score (nSPS) is 11.9. The highest BCUT2D eigenvalue weighted by molar-refractivity contribution is 7.94. The number of hydrogen-bond donors (Lipinski definition) is 1. The number of methoxy groups -OCH3 is 1. The molecule has 2 heterocycles. The number of benzene rings is 1. The Balaban J connectivity index is 2.11. The molecule has 0 fully saturated rings. The van der Waals surface area contributed by atoms with Gasteiger partial charge in [-0.05, 0) is 30.5 Å². The van der Waals surface area contributed by atoms with Crippen LogP contribution in [-0.4, -0.2) is 20.1 Å². The average Bonchev–Trinajstić information content (AvgIpc) is 3.09. The third-order valence-corrected chi connectivity index (χ3v) is 6.15. The van der Waals surface area contributed by atoms with Crippen LogP contribution < -0.4 is 4.72 Å². The van der Waals surface area contributed by atoms with E-state index in [4.69, 9.17) is 4.74 Å². The van der Waals surface area contributed by atoms with Crippen LogP contribution in [0.5, 0.6) is 0 Å². The van der Waals surface area contributed by atoms with E-state index in [1.807, 2.05) is 29.7 Å². The van der Waals surface area contributed by atoms with Gasteiger partial charge in [-0.25, -0.2) is 8.42 Å². The van der Waals surface area contributed by atoms with Gasteiger partial charge in [0, 0.05) is 18.2 Å². The summed E-state index contributed by atoms with van der Waals surface area (Å²) in [6.45, 7) is 2.34. The van der Waals surface area contributed by atoms with Gasteiger partial charge in [0.2, 0.25) is 0 Å². The molecule has 3 aromatic rings. The van der Waals surface area contributed by atoms with E-state index >= 15 is 0 Å². The van der Waals surface area contributed by atoms with Crippen molar-refractivity contribution in [3.05, 3.63) is 47.5 Å². The highest BCUT2D eigenvalue weighted by atomic mass is 32.2. The molecule has 0 saturated heterocycles. The number of rotatable bonds is 5. The van der Waals surface area contributed by atoms with E-state index in [9.17, 15) is 8.42 Å². The number of para-hydroxylation sites is 1. The van der Waals surface area contributed by atoms with E-state index in [1.165, 1.54) is 11.3 Å². The van der Waals surface area contributed by atoms with Gasteiger partial charge in [0.05, 0.1) is 11.2 Å². The first-order valence-corrected chi connectivity index (χ1v) is 9.03. The molecule has 3 rings (SSSR count). The Labute approximate surface area is 133 Å². The van der Waals surface area contributed by atoms with Gasteiger partial charge in [0.25, 0.3) is 10.0 Å². The summed E-state index contributed by atoms with van der Waals surface area (Å²) in [7, 11) is -1.95. The number of aromatic nitrogens is 1. The smallest absolute Gasteiger partial charge is 0.271 e.